The van der Waals surface area contributed by atoms with E-state index in [4.69, 9.17) is 0 Å². The van der Waals surface area contributed by atoms with Crippen LogP contribution >= 0.6 is 0 Å². The molecular weight excluding hydrogens is 190 g/mol. The molecule has 15 heavy (non-hydrogen) atoms. The maximum atomic E-state index is 11.7. The Kier molecular flexibility index (Phi) is 4.34. The average Bonchev–Trinajstić information content (AvgIpc) is 2.63. The van der Waals surface area contributed by atoms with Crippen molar-refractivity contribution in [2.24, 2.45) is 13.0 Å². The highest BCUT2D eigenvalue weighted by Crippen LogP contribution is 2.07. The summed E-state index contributed by atoms with van der Waals surface area (Å²) >= 11 is 0. The Labute approximate surface area is 90.7 Å². The van der Waals surface area contributed by atoms with Crippen LogP contribution in [0, 0.1) is 5.92 Å². The second kappa shape index (κ2) is 5.53. The number of hydrogen-bond donors (Lipinski definition) is 1. The number of imidazole rings is 1. The Morgan fingerprint density at radius 3 is 2.67 bits per heavy atom. The normalized spacial score (nSPS) is 10.7. The van der Waals surface area contributed by atoms with Gasteiger partial charge in [-0.05, 0) is 12.8 Å². The lowest BCUT2D eigenvalue weighted by Crippen LogP contribution is -2.30. The highest BCUT2D eigenvalue weighted by Gasteiger charge is 2.13. The predicted molar refractivity (Wildman–Crippen MR) is 59.1 cm³/mol. The molecular formula is C11H19N3O. The summed E-state index contributed by atoms with van der Waals surface area (Å²) in [6.45, 7) is 4.59. The molecule has 0 unspecified atom stereocenters. The third-order valence-corrected chi connectivity index (χ3v) is 2.70. The number of carbonyl (C=O) groups is 1. The number of nitrogens with zero attached hydrogens (tertiary/aromatic N) is 2. The van der Waals surface area contributed by atoms with Crippen LogP contribution in [-0.4, -0.2) is 15.5 Å². The van der Waals surface area contributed by atoms with Crippen molar-refractivity contribution in [2.75, 3.05) is 0 Å². The van der Waals surface area contributed by atoms with Gasteiger partial charge in [0.2, 0.25) is 5.91 Å². The summed E-state index contributed by atoms with van der Waals surface area (Å²) in [4.78, 5) is 15.8. The van der Waals surface area contributed by atoms with E-state index in [-0.39, 0.29) is 11.8 Å². The number of aryl methyl sites for hydroxylation is 1. The molecule has 4 nitrogen and oxygen atoms in total. The van der Waals surface area contributed by atoms with E-state index in [9.17, 15) is 4.79 Å². The zero-order valence-corrected chi connectivity index (χ0v) is 9.66. The second-order valence-electron chi connectivity index (χ2n) is 3.69. The lowest BCUT2D eigenvalue weighted by Gasteiger charge is -2.12. The van der Waals surface area contributed by atoms with E-state index in [1.807, 2.05) is 31.7 Å². The minimum atomic E-state index is 0.128. The summed E-state index contributed by atoms with van der Waals surface area (Å²) in [5.74, 6) is 1.14. The van der Waals surface area contributed by atoms with Gasteiger partial charge in [-0.2, -0.15) is 0 Å². The number of rotatable bonds is 5. The standard InChI is InChI=1S/C11H19N3O/c1-4-9(5-2)11(15)13-8-10-12-6-7-14(10)3/h6-7,9H,4-5,8H2,1-3H3,(H,13,15). The summed E-state index contributed by atoms with van der Waals surface area (Å²) < 4.78 is 1.91. The lowest BCUT2D eigenvalue weighted by atomic mass is 10.0. The molecule has 1 rings (SSSR count). The van der Waals surface area contributed by atoms with Crippen molar-refractivity contribution < 1.29 is 4.79 Å². The molecule has 0 aliphatic carbocycles. The highest BCUT2D eigenvalue weighted by molar-refractivity contribution is 5.78. The Bertz CT molecular complexity index is 315. The lowest BCUT2D eigenvalue weighted by molar-refractivity contribution is -0.125. The van der Waals surface area contributed by atoms with Crippen molar-refractivity contribution in [3.8, 4) is 0 Å². The molecule has 1 N–H and O–H groups in total. The predicted octanol–water partition coefficient (Wildman–Crippen LogP) is 1.47. The van der Waals surface area contributed by atoms with Gasteiger partial charge in [0.25, 0.3) is 0 Å². The Balaban J connectivity index is 2.43. The summed E-state index contributed by atoms with van der Waals surface area (Å²) in [5.41, 5.74) is 0. The fourth-order valence-electron chi connectivity index (χ4n) is 1.54. The van der Waals surface area contributed by atoms with Crippen molar-refractivity contribution in [1.29, 1.82) is 0 Å². The van der Waals surface area contributed by atoms with Gasteiger partial charge in [0, 0.05) is 25.4 Å². The molecule has 84 valence electrons. The maximum absolute atomic E-state index is 11.7. The second-order valence-corrected chi connectivity index (χ2v) is 3.69. The van der Waals surface area contributed by atoms with Gasteiger partial charge in [-0.1, -0.05) is 13.8 Å². The monoisotopic (exact) mass is 209 g/mol. The zero-order chi connectivity index (χ0) is 11.3. The molecule has 1 aromatic heterocycles. The van der Waals surface area contributed by atoms with Crippen LogP contribution in [0.2, 0.25) is 0 Å². The van der Waals surface area contributed by atoms with E-state index < -0.39 is 0 Å². The van der Waals surface area contributed by atoms with Crippen molar-refractivity contribution in [3.05, 3.63) is 18.2 Å². The molecule has 0 fully saturated rings. The quantitative estimate of drug-likeness (QED) is 0.798. The van der Waals surface area contributed by atoms with Gasteiger partial charge in [0.1, 0.15) is 5.82 Å². The maximum Gasteiger partial charge on any atom is 0.223 e. The number of carbonyl (C=O) groups excluding carboxylic acids is 1. The van der Waals surface area contributed by atoms with Crippen molar-refractivity contribution >= 4 is 5.91 Å². The van der Waals surface area contributed by atoms with Crippen LogP contribution in [0.1, 0.15) is 32.5 Å². The van der Waals surface area contributed by atoms with Gasteiger partial charge < -0.3 is 9.88 Å². The van der Waals surface area contributed by atoms with Crippen LogP contribution in [0.15, 0.2) is 12.4 Å². The Hall–Kier alpha value is -1.32. The largest absolute Gasteiger partial charge is 0.349 e. The van der Waals surface area contributed by atoms with Gasteiger partial charge in [-0.3, -0.25) is 4.79 Å². The molecule has 0 aliphatic rings. The third-order valence-electron chi connectivity index (χ3n) is 2.70. The van der Waals surface area contributed by atoms with Gasteiger partial charge in [0.05, 0.1) is 6.54 Å². The first-order chi connectivity index (χ1) is 7.19. The van der Waals surface area contributed by atoms with E-state index in [1.54, 1.807) is 6.20 Å². The molecule has 0 spiro atoms. The minimum Gasteiger partial charge on any atom is -0.349 e. The van der Waals surface area contributed by atoms with Gasteiger partial charge in [0.15, 0.2) is 0 Å². The van der Waals surface area contributed by atoms with E-state index >= 15 is 0 Å². The first kappa shape index (κ1) is 11.8. The molecule has 0 aliphatic heterocycles. The van der Waals surface area contributed by atoms with Crippen LogP contribution in [-0.2, 0) is 18.4 Å². The molecule has 1 aromatic rings. The fraction of sp³-hybridized carbons (Fsp3) is 0.636. The molecule has 0 saturated heterocycles. The summed E-state index contributed by atoms with van der Waals surface area (Å²) in [5, 5.41) is 2.91. The van der Waals surface area contributed by atoms with Crippen LogP contribution in [0.4, 0.5) is 0 Å². The molecule has 0 atom stereocenters. The Morgan fingerprint density at radius 2 is 2.20 bits per heavy atom. The number of aromatic nitrogens is 2. The molecule has 0 aromatic carbocycles. The van der Waals surface area contributed by atoms with Crippen LogP contribution < -0.4 is 5.32 Å². The SMILES string of the molecule is CCC(CC)C(=O)NCc1nccn1C. The van der Waals surface area contributed by atoms with Crippen molar-refractivity contribution in [3.63, 3.8) is 0 Å². The average molecular weight is 209 g/mol. The van der Waals surface area contributed by atoms with Crippen molar-refractivity contribution in [2.45, 2.75) is 33.2 Å². The highest BCUT2D eigenvalue weighted by atomic mass is 16.1. The van der Waals surface area contributed by atoms with E-state index in [2.05, 4.69) is 10.3 Å². The molecule has 1 amide bonds. The van der Waals surface area contributed by atoms with Crippen LogP contribution in [0.5, 0.6) is 0 Å². The minimum absolute atomic E-state index is 0.128. The Morgan fingerprint density at radius 1 is 1.53 bits per heavy atom. The molecule has 0 bridgehead atoms. The third kappa shape index (κ3) is 3.08. The number of nitrogens with one attached hydrogen (secondary N) is 1. The van der Waals surface area contributed by atoms with E-state index in [0.29, 0.717) is 6.54 Å². The first-order valence-corrected chi connectivity index (χ1v) is 5.42. The molecule has 4 heteroatoms. The van der Waals surface area contributed by atoms with Gasteiger partial charge >= 0.3 is 0 Å². The van der Waals surface area contributed by atoms with E-state index in [0.717, 1.165) is 18.7 Å². The number of hydrogen-bond acceptors (Lipinski definition) is 2. The number of amides is 1. The van der Waals surface area contributed by atoms with Gasteiger partial charge in [-0.15, -0.1) is 0 Å². The van der Waals surface area contributed by atoms with Crippen molar-refractivity contribution in [1.82, 2.24) is 14.9 Å². The summed E-state index contributed by atoms with van der Waals surface area (Å²) in [7, 11) is 1.92. The molecule has 0 radical (unpaired) electrons. The van der Waals surface area contributed by atoms with Gasteiger partial charge in [-0.25, -0.2) is 4.98 Å². The topological polar surface area (TPSA) is 46.9 Å². The summed E-state index contributed by atoms with van der Waals surface area (Å²) in [6.07, 6.45) is 5.39. The zero-order valence-electron chi connectivity index (χ0n) is 9.66. The molecule has 1 heterocycles. The van der Waals surface area contributed by atoms with E-state index in [1.165, 1.54) is 0 Å². The molecule has 0 saturated carbocycles. The van der Waals surface area contributed by atoms with Crippen LogP contribution in [0.25, 0.3) is 0 Å². The fourth-order valence-corrected chi connectivity index (χ4v) is 1.54. The summed E-state index contributed by atoms with van der Waals surface area (Å²) in [6, 6.07) is 0. The van der Waals surface area contributed by atoms with Crippen LogP contribution in [0.3, 0.4) is 0 Å². The first-order valence-electron chi connectivity index (χ1n) is 5.42. The smallest absolute Gasteiger partial charge is 0.223 e.